The third kappa shape index (κ3) is 5.17. The molecule has 0 unspecified atom stereocenters. The second-order valence-corrected chi connectivity index (χ2v) is 9.42. The summed E-state index contributed by atoms with van der Waals surface area (Å²) in [5.74, 6) is -9.11. The van der Waals surface area contributed by atoms with Crippen molar-refractivity contribution in [2.75, 3.05) is 0 Å². The Balaban J connectivity index is 1.49. The highest BCUT2D eigenvalue weighted by Crippen LogP contribution is 2.39. The quantitative estimate of drug-likeness (QED) is 0.323. The number of carbonyl (C=O) groups is 4. The number of nitrogens with zero attached hydrogens (tertiary/aromatic N) is 1. The van der Waals surface area contributed by atoms with E-state index < -0.39 is 59.2 Å². The highest BCUT2D eigenvalue weighted by molar-refractivity contribution is 6.32. The van der Waals surface area contributed by atoms with Crippen molar-refractivity contribution in [1.82, 2.24) is 15.5 Å². The van der Waals surface area contributed by atoms with Crippen LogP contribution in [0, 0.1) is 0 Å². The highest BCUT2D eigenvalue weighted by atomic mass is 35.5. The number of rotatable bonds is 6. The number of halogens is 6. The van der Waals surface area contributed by atoms with Gasteiger partial charge in [-0.05, 0) is 41.8 Å². The summed E-state index contributed by atoms with van der Waals surface area (Å²) in [6.45, 7) is -0.432. The lowest BCUT2D eigenvalue weighted by molar-refractivity contribution is -0.275. The number of ether oxygens (including phenoxy) is 1. The zero-order valence-electron chi connectivity index (χ0n) is 19.5. The van der Waals surface area contributed by atoms with Crippen LogP contribution < -0.4 is 15.4 Å². The average molecular weight is 558 g/mol. The molecule has 38 heavy (non-hydrogen) atoms. The molecular formula is C23H18BClF5N3O5. The number of carbonyl (C=O) groups excluding carboxylic acids is 4. The number of hydrogen-bond donors (Lipinski definition) is 2. The number of imide groups is 1. The standard InChI is InChI=1S/C23H18BClF5N3O5/c24-21(6-5-17(34)32-19(21)36)33-10-12-7-11(1-3-14(12)18(33)35)9-31-20(37)22(26,27)15-4-2-13(25)8-16(15)38-23(28,29)30/h1-4,7-8H,5-6,9-10,24H2,(H,31,37)(H,32,34,36)/t21-/m1/s1. The van der Waals surface area contributed by atoms with Gasteiger partial charge in [-0.2, -0.15) is 8.78 Å². The van der Waals surface area contributed by atoms with Gasteiger partial charge >= 0.3 is 12.3 Å². The molecule has 1 saturated heterocycles. The van der Waals surface area contributed by atoms with Gasteiger partial charge in [0.2, 0.25) is 11.8 Å². The van der Waals surface area contributed by atoms with E-state index in [-0.39, 0.29) is 30.0 Å². The van der Waals surface area contributed by atoms with E-state index in [1.165, 1.54) is 30.9 Å². The number of benzene rings is 2. The lowest BCUT2D eigenvalue weighted by Gasteiger charge is -2.39. The monoisotopic (exact) mass is 557 g/mol. The van der Waals surface area contributed by atoms with Gasteiger partial charge in [-0.1, -0.05) is 23.7 Å². The Morgan fingerprint density at radius 2 is 1.84 bits per heavy atom. The second kappa shape index (κ2) is 9.57. The number of alkyl halides is 5. The fourth-order valence-corrected chi connectivity index (χ4v) is 4.48. The molecule has 0 radical (unpaired) electrons. The zero-order chi connectivity index (χ0) is 28.0. The predicted molar refractivity (Wildman–Crippen MR) is 124 cm³/mol. The van der Waals surface area contributed by atoms with E-state index in [1.54, 1.807) is 0 Å². The van der Waals surface area contributed by atoms with Crippen LogP contribution in [0.4, 0.5) is 22.0 Å². The second-order valence-electron chi connectivity index (χ2n) is 8.98. The minimum atomic E-state index is -5.30. The van der Waals surface area contributed by atoms with Crippen molar-refractivity contribution in [2.24, 2.45) is 0 Å². The summed E-state index contributed by atoms with van der Waals surface area (Å²) in [7, 11) is 1.54. The van der Waals surface area contributed by atoms with Crippen LogP contribution in [0.15, 0.2) is 36.4 Å². The lowest BCUT2D eigenvalue weighted by Crippen LogP contribution is -2.63. The molecule has 200 valence electrons. The molecule has 2 aromatic carbocycles. The van der Waals surface area contributed by atoms with Crippen molar-refractivity contribution in [3.8, 4) is 5.75 Å². The minimum absolute atomic E-state index is 0.00708. The maximum atomic E-state index is 14.8. The maximum Gasteiger partial charge on any atom is 0.573 e. The Kier molecular flexibility index (Phi) is 6.89. The fourth-order valence-electron chi connectivity index (χ4n) is 4.31. The van der Waals surface area contributed by atoms with E-state index in [2.05, 4.69) is 10.1 Å². The molecule has 2 aromatic rings. The van der Waals surface area contributed by atoms with Crippen LogP contribution in [0.25, 0.3) is 0 Å². The van der Waals surface area contributed by atoms with Crippen molar-refractivity contribution in [3.05, 3.63) is 63.7 Å². The normalized spacial score (nSPS) is 19.7. The van der Waals surface area contributed by atoms with Gasteiger partial charge in [0.1, 0.15) is 13.6 Å². The molecule has 4 amide bonds. The topological polar surface area (TPSA) is 105 Å². The molecule has 0 saturated carbocycles. The van der Waals surface area contributed by atoms with Crippen LogP contribution in [0.1, 0.15) is 39.9 Å². The summed E-state index contributed by atoms with van der Waals surface area (Å²) < 4.78 is 71.4. The SMILES string of the molecule is B[C@@]1(N2Cc3cc(CNC(=O)C(F)(F)c4ccc(Cl)cc4OC(F)(F)F)ccc3C2=O)CCC(=O)NC1=O. The largest absolute Gasteiger partial charge is 0.573 e. The average Bonchev–Trinajstić information content (AvgIpc) is 3.15. The van der Waals surface area contributed by atoms with Gasteiger partial charge in [-0.25, -0.2) is 0 Å². The number of amides is 4. The third-order valence-corrected chi connectivity index (χ3v) is 6.63. The fraction of sp³-hybridized carbons (Fsp3) is 0.304. The molecule has 1 fully saturated rings. The van der Waals surface area contributed by atoms with E-state index >= 15 is 0 Å². The minimum Gasteiger partial charge on any atom is -0.405 e. The van der Waals surface area contributed by atoms with Gasteiger partial charge in [0, 0.05) is 30.1 Å². The van der Waals surface area contributed by atoms with Crippen molar-refractivity contribution in [2.45, 2.75) is 43.7 Å². The molecule has 2 N–H and O–H groups in total. The van der Waals surface area contributed by atoms with Crippen molar-refractivity contribution < 1.29 is 45.9 Å². The molecule has 2 heterocycles. The van der Waals surface area contributed by atoms with E-state index in [0.717, 1.165) is 6.07 Å². The van der Waals surface area contributed by atoms with E-state index in [9.17, 15) is 41.1 Å². The molecule has 2 aliphatic rings. The molecule has 8 nitrogen and oxygen atoms in total. The first-order valence-electron chi connectivity index (χ1n) is 11.1. The van der Waals surface area contributed by atoms with E-state index in [4.69, 9.17) is 11.6 Å². The first-order valence-corrected chi connectivity index (χ1v) is 11.5. The molecule has 0 bridgehead atoms. The number of fused-ring (bicyclic) bond motifs is 1. The summed E-state index contributed by atoms with van der Waals surface area (Å²) in [6, 6.07) is 6.30. The number of nitrogens with one attached hydrogen (secondary N) is 2. The Bertz CT molecular complexity index is 1360. The summed E-state index contributed by atoms with van der Waals surface area (Å²) >= 11 is 5.60. The summed E-state index contributed by atoms with van der Waals surface area (Å²) in [4.78, 5) is 50.6. The molecule has 15 heteroatoms. The van der Waals surface area contributed by atoms with Gasteiger partial charge in [0.15, 0.2) is 0 Å². The van der Waals surface area contributed by atoms with E-state index in [1.807, 2.05) is 5.32 Å². The van der Waals surface area contributed by atoms with Crippen LogP contribution in [0.2, 0.25) is 5.02 Å². The Labute approximate surface area is 217 Å². The Hall–Kier alpha value is -3.68. The highest BCUT2D eigenvalue weighted by Gasteiger charge is 2.48. The smallest absolute Gasteiger partial charge is 0.405 e. The molecule has 0 aliphatic carbocycles. The van der Waals surface area contributed by atoms with Gasteiger partial charge in [-0.15, -0.1) is 13.2 Å². The van der Waals surface area contributed by atoms with Gasteiger partial charge in [0.25, 0.3) is 11.8 Å². The maximum absolute atomic E-state index is 14.8. The van der Waals surface area contributed by atoms with Gasteiger partial charge < -0.3 is 15.0 Å². The molecule has 0 spiro atoms. The van der Waals surface area contributed by atoms with Crippen LogP contribution in [-0.4, -0.2) is 48.2 Å². The predicted octanol–water partition coefficient (Wildman–Crippen LogP) is 2.37. The summed E-state index contributed by atoms with van der Waals surface area (Å²) in [6.07, 6.45) is -5.12. The van der Waals surface area contributed by atoms with Gasteiger partial charge in [-0.3, -0.25) is 24.5 Å². The summed E-state index contributed by atoms with van der Waals surface area (Å²) in [5, 5.41) is 3.89. The Morgan fingerprint density at radius 3 is 2.50 bits per heavy atom. The summed E-state index contributed by atoms with van der Waals surface area (Å²) in [5.41, 5.74) is -1.54. The first kappa shape index (κ1) is 27.4. The van der Waals surface area contributed by atoms with Crippen LogP contribution in [-0.2, 0) is 33.4 Å². The van der Waals surface area contributed by atoms with Crippen molar-refractivity contribution in [3.63, 3.8) is 0 Å². The zero-order valence-corrected chi connectivity index (χ0v) is 20.3. The first-order chi connectivity index (χ1) is 17.6. The molecule has 4 rings (SSSR count). The van der Waals surface area contributed by atoms with Crippen molar-refractivity contribution in [1.29, 1.82) is 0 Å². The number of piperidine rings is 1. The van der Waals surface area contributed by atoms with E-state index in [0.29, 0.717) is 23.3 Å². The lowest BCUT2D eigenvalue weighted by atomic mass is 9.70. The molecule has 1 atom stereocenters. The molecular weight excluding hydrogens is 540 g/mol. The third-order valence-electron chi connectivity index (χ3n) is 6.40. The van der Waals surface area contributed by atoms with Crippen molar-refractivity contribution >= 4 is 43.1 Å². The van der Waals surface area contributed by atoms with Crippen LogP contribution in [0.5, 0.6) is 5.75 Å². The number of hydrogen-bond acceptors (Lipinski definition) is 5. The Morgan fingerprint density at radius 1 is 1.13 bits per heavy atom. The van der Waals surface area contributed by atoms with Crippen LogP contribution in [0.3, 0.4) is 0 Å². The van der Waals surface area contributed by atoms with Gasteiger partial charge in [0.05, 0.1) is 11.0 Å². The van der Waals surface area contributed by atoms with Crippen LogP contribution >= 0.6 is 11.6 Å². The molecule has 0 aromatic heterocycles. The molecule has 2 aliphatic heterocycles.